The molecule has 1 unspecified atom stereocenters. The van der Waals surface area contributed by atoms with Gasteiger partial charge in [0, 0.05) is 12.2 Å². The highest BCUT2D eigenvalue weighted by Gasteiger charge is 2.43. The van der Waals surface area contributed by atoms with E-state index in [2.05, 4.69) is 15.5 Å². The predicted octanol–water partition coefficient (Wildman–Crippen LogP) is 0.894. The van der Waals surface area contributed by atoms with Gasteiger partial charge in [-0.15, -0.1) is 0 Å². The number of nitrogens with zero attached hydrogens (tertiary/aromatic N) is 1. The molecule has 100 valence electrons. The minimum Gasteiger partial charge on any atom is -0.354 e. The molecule has 1 atom stereocenters. The van der Waals surface area contributed by atoms with Crippen LogP contribution in [0.25, 0.3) is 0 Å². The van der Waals surface area contributed by atoms with Gasteiger partial charge < -0.3 is 11.1 Å². The Hall–Kier alpha value is -1.36. The SMILES string of the molecule is Cc1[nH]ncc1CCCNC(=O)C(C)(N)C1CC1. The zero-order valence-electron chi connectivity index (χ0n) is 11.1. The van der Waals surface area contributed by atoms with Gasteiger partial charge in [0.15, 0.2) is 0 Å². The lowest BCUT2D eigenvalue weighted by atomic mass is 9.96. The third-order valence-electron chi connectivity index (χ3n) is 3.76. The molecule has 2 rings (SSSR count). The van der Waals surface area contributed by atoms with Crippen molar-refractivity contribution in [2.24, 2.45) is 11.7 Å². The van der Waals surface area contributed by atoms with E-state index in [-0.39, 0.29) is 5.91 Å². The quantitative estimate of drug-likeness (QED) is 0.656. The van der Waals surface area contributed by atoms with Gasteiger partial charge >= 0.3 is 0 Å². The number of rotatable bonds is 6. The molecule has 1 aromatic rings. The molecule has 4 N–H and O–H groups in total. The highest BCUT2D eigenvalue weighted by Crippen LogP contribution is 2.38. The van der Waals surface area contributed by atoms with Crippen LogP contribution in [0.3, 0.4) is 0 Å². The number of nitrogens with one attached hydrogen (secondary N) is 2. The maximum absolute atomic E-state index is 11.9. The van der Waals surface area contributed by atoms with Gasteiger partial charge in [-0.3, -0.25) is 9.89 Å². The Morgan fingerprint density at radius 3 is 2.94 bits per heavy atom. The van der Waals surface area contributed by atoms with Crippen molar-refractivity contribution in [2.75, 3.05) is 6.54 Å². The zero-order chi connectivity index (χ0) is 13.2. The molecular weight excluding hydrogens is 228 g/mol. The molecule has 0 radical (unpaired) electrons. The zero-order valence-corrected chi connectivity index (χ0v) is 11.1. The molecule has 1 aromatic heterocycles. The molecule has 1 aliphatic carbocycles. The van der Waals surface area contributed by atoms with E-state index < -0.39 is 5.54 Å². The third-order valence-corrected chi connectivity index (χ3v) is 3.76. The van der Waals surface area contributed by atoms with E-state index in [1.807, 2.05) is 20.0 Å². The van der Waals surface area contributed by atoms with E-state index in [0.717, 1.165) is 31.4 Å². The Balaban J connectivity index is 1.69. The fraction of sp³-hybridized carbons (Fsp3) is 0.692. The molecule has 1 fully saturated rings. The summed E-state index contributed by atoms with van der Waals surface area (Å²) in [7, 11) is 0. The molecule has 0 aromatic carbocycles. The molecule has 1 saturated carbocycles. The monoisotopic (exact) mass is 250 g/mol. The number of aromatic amines is 1. The number of hydrogen-bond donors (Lipinski definition) is 3. The highest BCUT2D eigenvalue weighted by atomic mass is 16.2. The Kier molecular flexibility index (Phi) is 3.71. The van der Waals surface area contributed by atoms with E-state index in [1.54, 1.807) is 0 Å². The molecule has 0 saturated heterocycles. The van der Waals surface area contributed by atoms with Crippen molar-refractivity contribution in [3.8, 4) is 0 Å². The second kappa shape index (κ2) is 5.10. The van der Waals surface area contributed by atoms with Gasteiger partial charge in [0.2, 0.25) is 5.91 Å². The van der Waals surface area contributed by atoms with Crippen LogP contribution in [0.5, 0.6) is 0 Å². The van der Waals surface area contributed by atoms with Gasteiger partial charge in [0.1, 0.15) is 0 Å². The first kappa shape index (κ1) is 13.1. The van der Waals surface area contributed by atoms with Crippen molar-refractivity contribution in [1.82, 2.24) is 15.5 Å². The van der Waals surface area contributed by atoms with Crippen molar-refractivity contribution in [3.05, 3.63) is 17.5 Å². The average molecular weight is 250 g/mol. The van der Waals surface area contributed by atoms with Crippen molar-refractivity contribution in [3.63, 3.8) is 0 Å². The first-order valence-corrected chi connectivity index (χ1v) is 6.58. The number of H-pyrrole nitrogens is 1. The maximum Gasteiger partial charge on any atom is 0.240 e. The van der Waals surface area contributed by atoms with E-state index in [0.29, 0.717) is 12.5 Å². The van der Waals surface area contributed by atoms with Gasteiger partial charge in [-0.25, -0.2) is 0 Å². The van der Waals surface area contributed by atoms with Gasteiger partial charge in [0.25, 0.3) is 0 Å². The van der Waals surface area contributed by atoms with Crippen molar-refractivity contribution in [1.29, 1.82) is 0 Å². The Labute approximate surface area is 108 Å². The molecule has 0 aliphatic heterocycles. The number of nitrogens with two attached hydrogens (primary N) is 1. The van der Waals surface area contributed by atoms with Crippen LogP contribution in [0.4, 0.5) is 0 Å². The van der Waals surface area contributed by atoms with Crippen LogP contribution in [0.1, 0.15) is 37.4 Å². The molecule has 0 bridgehead atoms. The first-order chi connectivity index (χ1) is 8.51. The lowest BCUT2D eigenvalue weighted by Gasteiger charge is -2.23. The lowest BCUT2D eigenvalue weighted by molar-refractivity contribution is -0.126. The number of carbonyl (C=O) groups excluding carboxylic acids is 1. The van der Waals surface area contributed by atoms with Gasteiger partial charge in [-0.1, -0.05) is 0 Å². The molecule has 0 spiro atoms. The molecule has 5 nitrogen and oxygen atoms in total. The number of aryl methyl sites for hydroxylation is 2. The predicted molar refractivity (Wildman–Crippen MR) is 70.0 cm³/mol. The molecular formula is C13H22N4O. The van der Waals surface area contributed by atoms with E-state index in [9.17, 15) is 4.79 Å². The minimum absolute atomic E-state index is 0.0195. The number of amides is 1. The summed E-state index contributed by atoms with van der Waals surface area (Å²) in [5, 5.41) is 9.81. The minimum atomic E-state index is -0.689. The summed E-state index contributed by atoms with van der Waals surface area (Å²) in [4.78, 5) is 11.9. The summed E-state index contributed by atoms with van der Waals surface area (Å²) in [6, 6.07) is 0. The first-order valence-electron chi connectivity index (χ1n) is 6.58. The molecule has 5 heteroatoms. The lowest BCUT2D eigenvalue weighted by Crippen LogP contribution is -2.53. The number of aromatic nitrogens is 2. The van der Waals surface area contributed by atoms with Gasteiger partial charge in [-0.05, 0) is 51.0 Å². The topological polar surface area (TPSA) is 83.8 Å². The molecule has 1 heterocycles. The summed E-state index contributed by atoms with van der Waals surface area (Å²) in [5.74, 6) is 0.350. The average Bonchev–Trinajstić information content (AvgIpc) is 3.10. The summed E-state index contributed by atoms with van der Waals surface area (Å²) < 4.78 is 0. The number of hydrogen-bond acceptors (Lipinski definition) is 3. The smallest absolute Gasteiger partial charge is 0.240 e. The van der Waals surface area contributed by atoms with Crippen LogP contribution in [-0.4, -0.2) is 28.2 Å². The number of carbonyl (C=O) groups is 1. The standard InChI is InChI=1S/C13H22N4O/c1-9-10(8-16-17-9)4-3-7-15-12(18)13(2,14)11-5-6-11/h8,11H,3-7,14H2,1-2H3,(H,15,18)(H,16,17). The fourth-order valence-electron chi connectivity index (χ4n) is 2.17. The van der Waals surface area contributed by atoms with Crippen LogP contribution in [0.15, 0.2) is 6.20 Å². The largest absolute Gasteiger partial charge is 0.354 e. The molecule has 1 amide bonds. The highest BCUT2D eigenvalue weighted by molar-refractivity contribution is 5.86. The summed E-state index contributed by atoms with van der Waals surface area (Å²) in [6.07, 6.45) is 5.83. The second-order valence-corrected chi connectivity index (χ2v) is 5.44. The summed E-state index contributed by atoms with van der Waals surface area (Å²) >= 11 is 0. The van der Waals surface area contributed by atoms with E-state index in [4.69, 9.17) is 5.73 Å². The van der Waals surface area contributed by atoms with Gasteiger partial charge in [-0.2, -0.15) is 5.10 Å². The Morgan fingerprint density at radius 2 is 2.39 bits per heavy atom. The van der Waals surface area contributed by atoms with Crippen molar-refractivity contribution >= 4 is 5.91 Å². The van der Waals surface area contributed by atoms with Crippen LogP contribution in [0.2, 0.25) is 0 Å². The van der Waals surface area contributed by atoms with Crippen molar-refractivity contribution in [2.45, 2.75) is 45.1 Å². The van der Waals surface area contributed by atoms with Crippen molar-refractivity contribution < 1.29 is 4.79 Å². The third kappa shape index (κ3) is 2.90. The second-order valence-electron chi connectivity index (χ2n) is 5.44. The van der Waals surface area contributed by atoms with E-state index >= 15 is 0 Å². The van der Waals surface area contributed by atoms with Crippen LogP contribution in [0, 0.1) is 12.8 Å². The van der Waals surface area contributed by atoms with Crippen LogP contribution < -0.4 is 11.1 Å². The maximum atomic E-state index is 11.9. The van der Waals surface area contributed by atoms with E-state index in [1.165, 1.54) is 5.56 Å². The summed E-state index contributed by atoms with van der Waals surface area (Å²) in [5.41, 5.74) is 7.66. The Morgan fingerprint density at radius 1 is 1.67 bits per heavy atom. The summed E-state index contributed by atoms with van der Waals surface area (Å²) in [6.45, 7) is 4.51. The van der Waals surface area contributed by atoms with Crippen LogP contribution in [-0.2, 0) is 11.2 Å². The molecule has 18 heavy (non-hydrogen) atoms. The fourth-order valence-corrected chi connectivity index (χ4v) is 2.17. The Bertz CT molecular complexity index is 420. The van der Waals surface area contributed by atoms with Crippen LogP contribution >= 0.6 is 0 Å². The normalized spacial score (nSPS) is 18.4. The molecule has 1 aliphatic rings. The van der Waals surface area contributed by atoms with Gasteiger partial charge in [0.05, 0.1) is 11.7 Å².